The van der Waals surface area contributed by atoms with Crippen LogP contribution in [0.4, 0.5) is 15.7 Å². The minimum atomic E-state index is -0.515. The Morgan fingerprint density at radius 1 is 1.40 bits per heavy atom. The number of amides is 1. The summed E-state index contributed by atoms with van der Waals surface area (Å²) in [6.07, 6.45) is 2.16. The maximum absolute atomic E-state index is 11.6. The minimum absolute atomic E-state index is 0.179. The molecule has 1 aliphatic carbocycles. The molecular weight excluding hydrogens is 400 g/mol. The number of nitrogens with zero attached hydrogens (tertiary/aromatic N) is 4. The fraction of sp³-hybridized carbons (Fsp3) is 0.429. The Morgan fingerprint density at radius 3 is 2.83 bits per heavy atom. The fourth-order valence-electron chi connectivity index (χ4n) is 3.81. The maximum atomic E-state index is 11.6. The number of ether oxygens (including phenoxy) is 1. The SMILES string of the molecule is CCNc1ccc(-c2nn(C(C)C)c3c2C(C)Cc2nc(NC(=O)OC)sc2-3)cn1. The number of hydrogen-bond donors (Lipinski definition) is 2. The number of hydrogen-bond acceptors (Lipinski definition) is 7. The zero-order chi connectivity index (χ0) is 21.4. The van der Waals surface area contributed by atoms with E-state index in [4.69, 9.17) is 9.84 Å². The second kappa shape index (κ2) is 8.06. The van der Waals surface area contributed by atoms with Crippen LogP contribution in [0.15, 0.2) is 18.3 Å². The van der Waals surface area contributed by atoms with Gasteiger partial charge in [-0.05, 0) is 45.2 Å². The largest absolute Gasteiger partial charge is 0.453 e. The summed E-state index contributed by atoms with van der Waals surface area (Å²) in [6, 6.07) is 4.24. The van der Waals surface area contributed by atoms with E-state index in [2.05, 4.69) is 52.1 Å². The van der Waals surface area contributed by atoms with Crippen molar-refractivity contribution in [1.82, 2.24) is 19.7 Å². The molecule has 3 aromatic rings. The summed E-state index contributed by atoms with van der Waals surface area (Å²) in [5.41, 5.74) is 5.24. The maximum Gasteiger partial charge on any atom is 0.413 e. The van der Waals surface area contributed by atoms with E-state index in [0.29, 0.717) is 5.13 Å². The van der Waals surface area contributed by atoms with Crippen molar-refractivity contribution in [3.8, 4) is 21.8 Å². The van der Waals surface area contributed by atoms with Crippen molar-refractivity contribution >= 4 is 28.4 Å². The number of anilines is 2. The first kappa shape index (κ1) is 20.3. The summed E-state index contributed by atoms with van der Waals surface area (Å²) < 4.78 is 6.78. The van der Waals surface area contributed by atoms with E-state index in [1.165, 1.54) is 24.0 Å². The lowest BCUT2D eigenvalue weighted by Crippen LogP contribution is -2.12. The highest BCUT2D eigenvalue weighted by atomic mass is 32.1. The van der Waals surface area contributed by atoms with Crippen LogP contribution >= 0.6 is 11.3 Å². The molecule has 3 aromatic heterocycles. The lowest BCUT2D eigenvalue weighted by Gasteiger charge is -2.21. The second-order valence-corrected chi connectivity index (χ2v) is 8.63. The summed E-state index contributed by atoms with van der Waals surface area (Å²) in [7, 11) is 1.35. The number of methoxy groups -OCH3 is 1. The molecule has 0 saturated heterocycles. The van der Waals surface area contributed by atoms with E-state index in [1.54, 1.807) is 0 Å². The van der Waals surface area contributed by atoms with Crippen molar-refractivity contribution in [1.29, 1.82) is 0 Å². The average Bonchev–Trinajstić information content (AvgIpc) is 3.30. The molecule has 0 aliphatic heterocycles. The van der Waals surface area contributed by atoms with Crippen LogP contribution in [0.2, 0.25) is 0 Å². The summed E-state index contributed by atoms with van der Waals surface area (Å²) in [5, 5.41) is 11.5. The Hall–Kier alpha value is -2.94. The molecule has 30 heavy (non-hydrogen) atoms. The highest BCUT2D eigenvalue weighted by Crippen LogP contribution is 2.48. The van der Waals surface area contributed by atoms with Crippen LogP contribution in [0, 0.1) is 0 Å². The topological polar surface area (TPSA) is 94.0 Å². The summed E-state index contributed by atoms with van der Waals surface area (Å²) in [6.45, 7) is 9.32. The van der Waals surface area contributed by atoms with Gasteiger partial charge in [0, 0.05) is 29.9 Å². The lowest BCUT2D eigenvalue weighted by molar-refractivity contribution is 0.187. The predicted octanol–water partition coefficient (Wildman–Crippen LogP) is 4.92. The number of thiazole rings is 1. The number of pyridine rings is 1. The van der Waals surface area contributed by atoms with Crippen LogP contribution < -0.4 is 10.6 Å². The molecule has 0 fully saturated rings. The van der Waals surface area contributed by atoms with Crippen LogP contribution in [0.5, 0.6) is 0 Å². The summed E-state index contributed by atoms with van der Waals surface area (Å²) in [4.78, 5) is 21.9. The third kappa shape index (κ3) is 3.54. The molecule has 1 aliphatic rings. The molecule has 0 spiro atoms. The van der Waals surface area contributed by atoms with Crippen LogP contribution in [-0.2, 0) is 11.2 Å². The molecule has 2 N–H and O–H groups in total. The van der Waals surface area contributed by atoms with Gasteiger partial charge < -0.3 is 10.1 Å². The van der Waals surface area contributed by atoms with Crippen LogP contribution in [0.3, 0.4) is 0 Å². The van der Waals surface area contributed by atoms with Crippen molar-refractivity contribution in [3.63, 3.8) is 0 Å². The van der Waals surface area contributed by atoms with E-state index in [1.807, 2.05) is 19.2 Å². The van der Waals surface area contributed by atoms with Crippen molar-refractivity contribution in [3.05, 3.63) is 29.6 Å². The van der Waals surface area contributed by atoms with Gasteiger partial charge in [0.05, 0.1) is 29.1 Å². The highest BCUT2D eigenvalue weighted by Gasteiger charge is 2.34. The first-order valence-electron chi connectivity index (χ1n) is 10.1. The lowest BCUT2D eigenvalue weighted by atomic mass is 9.86. The van der Waals surface area contributed by atoms with Gasteiger partial charge in [-0.2, -0.15) is 5.10 Å². The molecular formula is C21H26N6O2S. The van der Waals surface area contributed by atoms with Gasteiger partial charge in [0.25, 0.3) is 0 Å². The van der Waals surface area contributed by atoms with Crippen molar-refractivity contribution in [2.75, 3.05) is 24.3 Å². The zero-order valence-corrected chi connectivity index (χ0v) is 18.6. The number of carbonyl (C=O) groups is 1. The predicted molar refractivity (Wildman–Crippen MR) is 119 cm³/mol. The molecule has 8 nitrogen and oxygen atoms in total. The number of nitrogens with one attached hydrogen (secondary N) is 2. The van der Waals surface area contributed by atoms with E-state index >= 15 is 0 Å². The van der Waals surface area contributed by atoms with Gasteiger partial charge in [0.1, 0.15) is 5.82 Å². The summed E-state index contributed by atoms with van der Waals surface area (Å²) in [5.74, 6) is 1.10. The minimum Gasteiger partial charge on any atom is -0.453 e. The molecule has 0 radical (unpaired) electrons. The molecule has 3 heterocycles. The quantitative estimate of drug-likeness (QED) is 0.601. The molecule has 0 aromatic carbocycles. The monoisotopic (exact) mass is 426 g/mol. The highest BCUT2D eigenvalue weighted by molar-refractivity contribution is 7.19. The van der Waals surface area contributed by atoms with Crippen molar-refractivity contribution in [2.45, 2.75) is 46.1 Å². The van der Waals surface area contributed by atoms with E-state index < -0.39 is 6.09 Å². The van der Waals surface area contributed by atoms with Gasteiger partial charge in [0.2, 0.25) is 0 Å². The van der Waals surface area contributed by atoms with E-state index in [9.17, 15) is 4.79 Å². The number of aromatic nitrogens is 4. The van der Waals surface area contributed by atoms with Gasteiger partial charge in [-0.1, -0.05) is 18.3 Å². The van der Waals surface area contributed by atoms with Gasteiger partial charge in [0.15, 0.2) is 5.13 Å². The smallest absolute Gasteiger partial charge is 0.413 e. The first-order valence-corrected chi connectivity index (χ1v) is 10.9. The van der Waals surface area contributed by atoms with Gasteiger partial charge in [-0.25, -0.2) is 14.8 Å². The molecule has 1 amide bonds. The molecule has 158 valence electrons. The number of carbonyl (C=O) groups excluding carboxylic acids is 1. The van der Waals surface area contributed by atoms with E-state index in [-0.39, 0.29) is 12.0 Å². The summed E-state index contributed by atoms with van der Waals surface area (Å²) >= 11 is 1.46. The zero-order valence-electron chi connectivity index (χ0n) is 17.8. The van der Waals surface area contributed by atoms with E-state index in [0.717, 1.165) is 46.3 Å². The molecule has 0 saturated carbocycles. The average molecular weight is 427 g/mol. The van der Waals surface area contributed by atoms with Gasteiger partial charge >= 0.3 is 6.09 Å². The van der Waals surface area contributed by atoms with Crippen molar-refractivity contribution < 1.29 is 9.53 Å². The Balaban J connectivity index is 1.83. The molecule has 9 heteroatoms. The normalized spacial score (nSPS) is 14.9. The third-order valence-corrected chi connectivity index (χ3v) is 6.15. The standard InChI is InChI=1S/C21H26N6O2S/c1-6-22-15-8-7-13(10-23-15)17-16-12(4)9-14-19(18(16)27(26-17)11(2)3)30-20(24-14)25-21(28)29-5/h7-8,10-12H,6,9H2,1-5H3,(H,22,23)(H,24,25,28). The second-order valence-electron chi connectivity index (χ2n) is 7.63. The molecule has 4 rings (SSSR count). The Bertz CT molecular complexity index is 1070. The van der Waals surface area contributed by atoms with Crippen LogP contribution in [-0.4, -0.2) is 39.5 Å². The van der Waals surface area contributed by atoms with Crippen LogP contribution in [0.1, 0.15) is 50.9 Å². The van der Waals surface area contributed by atoms with Crippen molar-refractivity contribution in [2.24, 2.45) is 0 Å². The molecule has 0 bridgehead atoms. The number of fused-ring (bicyclic) bond motifs is 3. The third-order valence-electron chi connectivity index (χ3n) is 5.13. The van der Waals surface area contributed by atoms with Gasteiger partial charge in [-0.3, -0.25) is 10.00 Å². The Labute approximate surface area is 179 Å². The molecule has 1 unspecified atom stereocenters. The van der Waals surface area contributed by atoms with Crippen LogP contribution in [0.25, 0.3) is 21.8 Å². The Morgan fingerprint density at radius 2 is 2.20 bits per heavy atom. The first-order chi connectivity index (χ1) is 14.4. The molecule has 1 atom stereocenters. The van der Waals surface area contributed by atoms with Gasteiger partial charge in [-0.15, -0.1) is 0 Å². The number of rotatable bonds is 5. The fourth-order valence-corrected chi connectivity index (χ4v) is 4.84. The Kier molecular flexibility index (Phi) is 5.46.